The van der Waals surface area contributed by atoms with Crippen molar-refractivity contribution in [3.8, 4) is 0 Å². The summed E-state index contributed by atoms with van der Waals surface area (Å²) in [4.78, 5) is 0. The summed E-state index contributed by atoms with van der Waals surface area (Å²) in [6.07, 6.45) is 2.72. The SMILES string of the molecule is FC1(F)CCC([C@@H]2CCCC(F)(F)CC2)CC1. The molecule has 0 spiro atoms. The van der Waals surface area contributed by atoms with Gasteiger partial charge >= 0.3 is 0 Å². The Kier molecular flexibility index (Phi) is 3.69. The zero-order chi connectivity index (χ0) is 12.5. The molecule has 0 aromatic heterocycles. The van der Waals surface area contributed by atoms with Crippen molar-refractivity contribution in [2.24, 2.45) is 11.8 Å². The van der Waals surface area contributed by atoms with Crippen molar-refractivity contribution in [2.45, 2.75) is 69.6 Å². The minimum Gasteiger partial charge on any atom is -0.207 e. The maximum Gasteiger partial charge on any atom is 0.248 e. The lowest BCUT2D eigenvalue weighted by molar-refractivity contribution is -0.0544. The number of alkyl halides is 4. The Bertz CT molecular complexity index is 252. The lowest BCUT2D eigenvalue weighted by Crippen LogP contribution is -2.28. The highest BCUT2D eigenvalue weighted by Crippen LogP contribution is 2.44. The van der Waals surface area contributed by atoms with Gasteiger partial charge in [-0.2, -0.15) is 0 Å². The Labute approximate surface area is 99.8 Å². The van der Waals surface area contributed by atoms with Gasteiger partial charge in [-0.25, -0.2) is 17.6 Å². The highest BCUT2D eigenvalue weighted by Gasteiger charge is 2.40. The van der Waals surface area contributed by atoms with E-state index >= 15 is 0 Å². The number of halogens is 4. The van der Waals surface area contributed by atoms with Crippen molar-refractivity contribution >= 4 is 0 Å². The van der Waals surface area contributed by atoms with E-state index in [2.05, 4.69) is 0 Å². The van der Waals surface area contributed by atoms with Gasteiger partial charge in [0.25, 0.3) is 0 Å². The maximum atomic E-state index is 13.2. The second kappa shape index (κ2) is 4.77. The predicted octanol–water partition coefficient (Wildman–Crippen LogP) is 5.03. The summed E-state index contributed by atoms with van der Waals surface area (Å²) in [6.45, 7) is 0. The van der Waals surface area contributed by atoms with Crippen LogP contribution in [-0.2, 0) is 0 Å². The van der Waals surface area contributed by atoms with E-state index < -0.39 is 11.8 Å². The van der Waals surface area contributed by atoms with Gasteiger partial charge in [-0.3, -0.25) is 0 Å². The van der Waals surface area contributed by atoms with E-state index in [-0.39, 0.29) is 37.5 Å². The van der Waals surface area contributed by atoms with Crippen molar-refractivity contribution in [3.63, 3.8) is 0 Å². The molecule has 2 aliphatic rings. The number of hydrogen-bond acceptors (Lipinski definition) is 0. The van der Waals surface area contributed by atoms with E-state index in [9.17, 15) is 17.6 Å². The zero-order valence-electron chi connectivity index (χ0n) is 10.0. The molecule has 0 N–H and O–H groups in total. The molecule has 2 saturated carbocycles. The fourth-order valence-corrected chi connectivity index (χ4v) is 3.29. The lowest BCUT2D eigenvalue weighted by Gasteiger charge is -2.33. The quantitative estimate of drug-likeness (QED) is 0.453. The Hall–Kier alpha value is -0.280. The molecule has 4 heteroatoms. The Morgan fingerprint density at radius 2 is 1.00 bits per heavy atom. The van der Waals surface area contributed by atoms with Crippen LogP contribution in [0.4, 0.5) is 17.6 Å². The molecular formula is C13H20F4. The van der Waals surface area contributed by atoms with Crippen LogP contribution < -0.4 is 0 Å². The molecule has 0 heterocycles. The first kappa shape index (κ1) is 13.2. The van der Waals surface area contributed by atoms with Crippen LogP contribution in [0, 0.1) is 11.8 Å². The summed E-state index contributed by atoms with van der Waals surface area (Å²) in [5, 5.41) is 0. The van der Waals surface area contributed by atoms with Gasteiger partial charge in [0.2, 0.25) is 11.8 Å². The summed E-state index contributed by atoms with van der Waals surface area (Å²) >= 11 is 0. The first-order chi connectivity index (χ1) is 7.88. The van der Waals surface area contributed by atoms with E-state index in [1.807, 2.05) is 0 Å². The topological polar surface area (TPSA) is 0 Å². The van der Waals surface area contributed by atoms with Crippen molar-refractivity contribution in [1.82, 2.24) is 0 Å². The minimum atomic E-state index is -2.52. The average molecular weight is 252 g/mol. The van der Waals surface area contributed by atoms with E-state index in [1.165, 1.54) is 0 Å². The molecule has 2 rings (SSSR count). The molecule has 0 unspecified atom stereocenters. The van der Waals surface area contributed by atoms with E-state index in [4.69, 9.17) is 0 Å². The van der Waals surface area contributed by atoms with Crippen LogP contribution in [0.2, 0.25) is 0 Å². The molecule has 0 aromatic rings. The largest absolute Gasteiger partial charge is 0.248 e. The van der Waals surface area contributed by atoms with Gasteiger partial charge in [0.15, 0.2) is 0 Å². The molecule has 1 atom stereocenters. The van der Waals surface area contributed by atoms with Gasteiger partial charge in [0.05, 0.1) is 0 Å². The molecular weight excluding hydrogens is 232 g/mol. The third-order valence-electron chi connectivity index (χ3n) is 4.43. The highest BCUT2D eigenvalue weighted by atomic mass is 19.3. The van der Waals surface area contributed by atoms with Gasteiger partial charge in [0.1, 0.15) is 0 Å². The smallest absolute Gasteiger partial charge is 0.207 e. The Morgan fingerprint density at radius 1 is 0.588 bits per heavy atom. The minimum absolute atomic E-state index is 0.0214. The fourth-order valence-electron chi connectivity index (χ4n) is 3.29. The average Bonchev–Trinajstić information content (AvgIpc) is 2.40. The molecule has 100 valence electrons. The molecule has 2 aliphatic carbocycles. The molecule has 0 bridgehead atoms. The molecule has 0 amide bonds. The van der Waals surface area contributed by atoms with E-state index in [0.29, 0.717) is 25.7 Å². The second-order valence-electron chi connectivity index (χ2n) is 5.74. The maximum absolute atomic E-state index is 13.2. The standard InChI is InChI=1S/C13H20F4/c14-12(15)6-1-2-10(3-7-12)11-4-8-13(16,17)9-5-11/h10-11H,1-9H2/t10-/m1/s1. The summed E-state index contributed by atoms with van der Waals surface area (Å²) in [6, 6.07) is 0. The van der Waals surface area contributed by atoms with Crippen LogP contribution in [0.15, 0.2) is 0 Å². The summed E-state index contributed by atoms with van der Waals surface area (Å²) in [7, 11) is 0. The van der Waals surface area contributed by atoms with E-state index in [1.54, 1.807) is 0 Å². The van der Waals surface area contributed by atoms with Crippen molar-refractivity contribution < 1.29 is 17.6 Å². The Balaban J connectivity index is 1.87. The Morgan fingerprint density at radius 3 is 1.53 bits per heavy atom. The lowest BCUT2D eigenvalue weighted by atomic mass is 9.75. The molecule has 17 heavy (non-hydrogen) atoms. The molecule has 0 aromatic carbocycles. The van der Waals surface area contributed by atoms with Crippen molar-refractivity contribution in [1.29, 1.82) is 0 Å². The third kappa shape index (κ3) is 3.59. The first-order valence-electron chi connectivity index (χ1n) is 6.64. The monoisotopic (exact) mass is 252 g/mol. The van der Waals surface area contributed by atoms with Gasteiger partial charge in [-0.1, -0.05) is 0 Å². The summed E-state index contributed by atoms with van der Waals surface area (Å²) < 4.78 is 52.5. The molecule has 0 aliphatic heterocycles. The first-order valence-corrected chi connectivity index (χ1v) is 6.64. The van der Waals surface area contributed by atoms with Crippen LogP contribution in [0.5, 0.6) is 0 Å². The zero-order valence-corrected chi connectivity index (χ0v) is 10.0. The van der Waals surface area contributed by atoms with E-state index in [0.717, 1.165) is 6.42 Å². The molecule has 2 fully saturated rings. The van der Waals surface area contributed by atoms with Crippen LogP contribution >= 0.6 is 0 Å². The molecule has 0 saturated heterocycles. The van der Waals surface area contributed by atoms with Crippen LogP contribution in [0.3, 0.4) is 0 Å². The van der Waals surface area contributed by atoms with Gasteiger partial charge < -0.3 is 0 Å². The number of rotatable bonds is 1. The summed E-state index contributed by atoms with van der Waals surface area (Å²) in [5.74, 6) is -4.53. The normalized spacial score (nSPS) is 34.2. The predicted molar refractivity (Wildman–Crippen MR) is 58.4 cm³/mol. The summed E-state index contributed by atoms with van der Waals surface area (Å²) in [5.41, 5.74) is 0. The van der Waals surface area contributed by atoms with Crippen molar-refractivity contribution in [3.05, 3.63) is 0 Å². The second-order valence-corrected chi connectivity index (χ2v) is 5.74. The molecule has 0 radical (unpaired) electrons. The van der Waals surface area contributed by atoms with Gasteiger partial charge in [-0.15, -0.1) is 0 Å². The van der Waals surface area contributed by atoms with Gasteiger partial charge in [-0.05, 0) is 43.9 Å². The highest BCUT2D eigenvalue weighted by molar-refractivity contribution is 4.84. The molecule has 0 nitrogen and oxygen atoms in total. The van der Waals surface area contributed by atoms with Crippen molar-refractivity contribution in [2.75, 3.05) is 0 Å². The van der Waals surface area contributed by atoms with Crippen LogP contribution in [-0.4, -0.2) is 11.8 Å². The van der Waals surface area contributed by atoms with Crippen LogP contribution in [0.25, 0.3) is 0 Å². The number of hydrogen-bond donors (Lipinski definition) is 0. The van der Waals surface area contributed by atoms with Gasteiger partial charge in [0, 0.05) is 25.7 Å². The fraction of sp³-hybridized carbons (Fsp3) is 1.00. The van der Waals surface area contributed by atoms with Crippen LogP contribution in [0.1, 0.15) is 57.8 Å². The third-order valence-corrected chi connectivity index (χ3v) is 4.43.